The van der Waals surface area contributed by atoms with Crippen LogP contribution in [0.4, 0.5) is 10.1 Å². The van der Waals surface area contributed by atoms with Crippen molar-refractivity contribution in [2.75, 3.05) is 11.0 Å². The molecule has 1 aliphatic rings. The van der Waals surface area contributed by atoms with E-state index in [1.807, 2.05) is 24.4 Å². The van der Waals surface area contributed by atoms with E-state index >= 15 is 0 Å². The Morgan fingerprint density at radius 1 is 1.26 bits per heavy atom. The van der Waals surface area contributed by atoms with Gasteiger partial charge in [-0.05, 0) is 48.6 Å². The van der Waals surface area contributed by atoms with Gasteiger partial charge in [0.2, 0.25) is 10.0 Å². The van der Waals surface area contributed by atoms with Gasteiger partial charge in [0.1, 0.15) is 11.9 Å². The zero-order valence-corrected chi connectivity index (χ0v) is 15.6. The van der Waals surface area contributed by atoms with E-state index in [2.05, 4.69) is 9.29 Å². The molecule has 0 radical (unpaired) electrons. The molecule has 2 aromatic carbocycles. The van der Waals surface area contributed by atoms with Gasteiger partial charge in [-0.25, -0.2) is 12.8 Å². The van der Waals surface area contributed by atoms with Crippen LogP contribution in [0.2, 0.25) is 0 Å². The molecule has 4 rings (SSSR count). The summed E-state index contributed by atoms with van der Waals surface area (Å²) in [6.07, 6.45) is 5.46. The molecule has 5 nitrogen and oxygen atoms in total. The fourth-order valence-electron chi connectivity index (χ4n) is 3.30. The van der Waals surface area contributed by atoms with Crippen LogP contribution >= 0.6 is 0 Å². The molecule has 7 heteroatoms. The Bertz CT molecular complexity index is 1190. The van der Waals surface area contributed by atoms with Crippen molar-refractivity contribution < 1.29 is 12.8 Å². The highest BCUT2D eigenvalue weighted by atomic mass is 32.2. The third kappa shape index (κ3) is 3.67. The van der Waals surface area contributed by atoms with Gasteiger partial charge >= 0.3 is 0 Å². The van der Waals surface area contributed by atoms with Gasteiger partial charge in [-0.15, -0.1) is 0 Å². The monoisotopic (exact) mass is 383 g/mol. The largest absolute Gasteiger partial charge is 0.346 e. The van der Waals surface area contributed by atoms with E-state index in [9.17, 15) is 12.8 Å². The second-order valence-corrected chi connectivity index (χ2v) is 8.80. The molecule has 0 unspecified atom stereocenters. The zero-order chi connectivity index (χ0) is 19.2. The molecule has 0 amide bonds. The fraction of sp³-hybridized carbons (Fsp3) is 0.250. The second-order valence-electron chi connectivity index (χ2n) is 7.05. The Morgan fingerprint density at radius 3 is 2.67 bits per heavy atom. The quantitative estimate of drug-likeness (QED) is 0.721. The summed E-state index contributed by atoms with van der Waals surface area (Å²) in [5, 5.41) is 9.85. The van der Waals surface area contributed by atoms with E-state index in [1.54, 1.807) is 12.1 Å². The number of anilines is 1. The number of rotatable bonds is 5. The van der Waals surface area contributed by atoms with E-state index in [4.69, 9.17) is 5.26 Å². The normalized spacial score (nSPS) is 14.3. The molecular formula is C20H18FN3O2S. The van der Waals surface area contributed by atoms with Gasteiger partial charge in [0.25, 0.3) is 0 Å². The molecule has 1 aliphatic carbocycles. The third-order valence-corrected chi connectivity index (χ3v) is 5.34. The summed E-state index contributed by atoms with van der Waals surface area (Å²) in [6.45, 7) is 0.845. The predicted octanol–water partition coefficient (Wildman–Crippen LogP) is 4.10. The maximum atomic E-state index is 14.1. The third-order valence-electron chi connectivity index (χ3n) is 4.74. The summed E-state index contributed by atoms with van der Waals surface area (Å²) >= 11 is 0. The minimum Gasteiger partial charge on any atom is -0.346 e. The number of hydrogen-bond acceptors (Lipinski definition) is 3. The molecule has 3 aromatic rings. The minimum absolute atomic E-state index is 0.0140. The van der Waals surface area contributed by atoms with Crippen molar-refractivity contribution in [3.8, 4) is 17.2 Å². The Hall–Kier alpha value is -2.85. The van der Waals surface area contributed by atoms with Crippen LogP contribution in [0.1, 0.15) is 18.4 Å². The smallest absolute Gasteiger partial charge is 0.229 e. The maximum absolute atomic E-state index is 14.1. The van der Waals surface area contributed by atoms with Crippen molar-refractivity contribution in [2.45, 2.75) is 19.4 Å². The summed E-state index contributed by atoms with van der Waals surface area (Å²) in [7, 11) is -3.37. The average molecular weight is 383 g/mol. The molecular weight excluding hydrogens is 365 g/mol. The lowest BCUT2D eigenvalue weighted by atomic mass is 10.0. The topological polar surface area (TPSA) is 74.9 Å². The summed E-state index contributed by atoms with van der Waals surface area (Å²) in [4.78, 5) is 0. The van der Waals surface area contributed by atoms with Crippen LogP contribution < -0.4 is 4.72 Å². The number of nitrogens with one attached hydrogen (secondary N) is 1. The Balaban J connectivity index is 1.85. The molecule has 27 heavy (non-hydrogen) atoms. The molecule has 138 valence electrons. The molecule has 1 N–H and O–H groups in total. The fourth-order valence-corrected chi connectivity index (χ4v) is 3.86. The van der Waals surface area contributed by atoms with Crippen LogP contribution in [0.15, 0.2) is 42.6 Å². The number of halogens is 1. The van der Waals surface area contributed by atoms with Crippen molar-refractivity contribution in [1.82, 2.24) is 4.57 Å². The lowest BCUT2D eigenvalue weighted by Gasteiger charge is -2.07. The first kappa shape index (κ1) is 17.6. The zero-order valence-electron chi connectivity index (χ0n) is 14.7. The van der Waals surface area contributed by atoms with E-state index in [1.165, 1.54) is 25.0 Å². The molecule has 0 aliphatic heterocycles. The number of fused-ring (bicyclic) bond motifs is 1. The van der Waals surface area contributed by atoms with Gasteiger partial charge < -0.3 is 4.57 Å². The minimum atomic E-state index is -3.37. The molecule has 0 atom stereocenters. The Labute approximate surface area is 157 Å². The van der Waals surface area contributed by atoms with E-state index in [0.717, 1.165) is 29.3 Å². The molecule has 1 fully saturated rings. The number of benzene rings is 2. The van der Waals surface area contributed by atoms with Crippen molar-refractivity contribution in [3.63, 3.8) is 0 Å². The number of hydrogen-bond donors (Lipinski definition) is 1. The number of nitrogens with zero attached hydrogens (tertiary/aromatic N) is 2. The highest BCUT2D eigenvalue weighted by Crippen LogP contribution is 2.37. The molecule has 1 heterocycles. The first-order chi connectivity index (χ1) is 12.8. The second kappa shape index (κ2) is 6.39. The van der Waals surface area contributed by atoms with Crippen LogP contribution in [0.3, 0.4) is 0 Å². The van der Waals surface area contributed by atoms with Gasteiger partial charge in [-0.1, -0.05) is 12.1 Å². The molecule has 1 saturated carbocycles. The van der Waals surface area contributed by atoms with Gasteiger partial charge in [-0.2, -0.15) is 5.26 Å². The van der Waals surface area contributed by atoms with Crippen molar-refractivity contribution in [3.05, 3.63) is 54.0 Å². The SMILES string of the molecule is CS(=O)(=O)Nc1ccc2c(-c3ccc(C#N)c(F)c3)cn(CC3CC3)c2c1. The van der Waals surface area contributed by atoms with E-state index in [-0.39, 0.29) is 5.56 Å². The van der Waals surface area contributed by atoms with Gasteiger partial charge in [0, 0.05) is 23.7 Å². The van der Waals surface area contributed by atoms with Crippen molar-refractivity contribution in [2.24, 2.45) is 5.92 Å². The summed E-state index contributed by atoms with van der Waals surface area (Å²) < 4.78 is 41.8. The maximum Gasteiger partial charge on any atom is 0.229 e. The first-order valence-corrected chi connectivity index (χ1v) is 10.5. The van der Waals surface area contributed by atoms with Crippen LogP contribution in [0.25, 0.3) is 22.0 Å². The summed E-state index contributed by atoms with van der Waals surface area (Å²) in [5.74, 6) is 0.0751. The van der Waals surface area contributed by atoms with Gasteiger partial charge in [-0.3, -0.25) is 4.72 Å². The van der Waals surface area contributed by atoms with Crippen molar-refractivity contribution in [1.29, 1.82) is 5.26 Å². The molecule has 0 spiro atoms. The number of aromatic nitrogens is 1. The predicted molar refractivity (Wildman–Crippen MR) is 103 cm³/mol. The van der Waals surface area contributed by atoms with Crippen LogP contribution in [0, 0.1) is 23.1 Å². The standard InChI is InChI=1S/C20H18FN3O2S/c1-27(25,26)23-16-6-7-17-18(14-4-5-15(10-22)19(21)8-14)12-24(20(17)9-16)11-13-2-3-13/h4-9,12-13,23H,2-3,11H2,1H3. The van der Waals surface area contributed by atoms with Crippen LogP contribution in [-0.4, -0.2) is 19.2 Å². The van der Waals surface area contributed by atoms with Crippen LogP contribution in [0.5, 0.6) is 0 Å². The molecule has 0 saturated heterocycles. The van der Waals surface area contributed by atoms with Gasteiger partial charge in [0.15, 0.2) is 0 Å². The molecule has 0 bridgehead atoms. The Kier molecular flexibility index (Phi) is 4.16. The van der Waals surface area contributed by atoms with Crippen molar-refractivity contribution >= 4 is 26.6 Å². The molecule has 1 aromatic heterocycles. The van der Waals surface area contributed by atoms with E-state index in [0.29, 0.717) is 17.2 Å². The number of nitriles is 1. The lowest BCUT2D eigenvalue weighted by molar-refractivity contribution is 0.607. The lowest BCUT2D eigenvalue weighted by Crippen LogP contribution is -2.09. The average Bonchev–Trinajstić information content (AvgIpc) is 3.34. The highest BCUT2D eigenvalue weighted by molar-refractivity contribution is 7.92. The van der Waals surface area contributed by atoms with Crippen LogP contribution in [-0.2, 0) is 16.6 Å². The first-order valence-electron chi connectivity index (χ1n) is 8.65. The Morgan fingerprint density at radius 2 is 2.04 bits per heavy atom. The van der Waals surface area contributed by atoms with Gasteiger partial charge in [0.05, 0.1) is 23.0 Å². The summed E-state index contributed by atoms with van der Waals surface area (Å²) in [5.41, 5.74) is 2.96. The highest BCUT2D eigenvalue weighted by Gasteiger charge is 2.23. The number of sulfonamides is 1. The van der Waals surface area contributed by atoms with E-state index < -0.39 is 15.8 Å². The summed E-state index contributed by atoms with van der Waals surface area (Å²) in [6, 6.07) is 11.8.